The molecule has 0 bridgehead atoms. The largest absolute Gasteiger partial charge is 0.360 e. The number of aromatic nitrogens is 1. The Bertz CT molecular complexity index is 394. The zero-order chi connectivity index (χ0) is 7.84. The summed E-state index contributed by atoms with van der Waals surface area (Å²) < 4.78 is 1.01. The van der Waals surface area contributed by atoms with E-state index in [1.165, 1.54) is 0 Å². The summed E-state index contributed by atoms with van der Waals surface area (Å²) >= 11 is 9.36. The molecule has 1 aromatic carbocycles. The summed E-state index contributed by atoms with van der Waals surface area (Å²) in [5, 5.41) is 1.82. The highest BCUT2D eigenvalue weighted by Crippen LogP contribution is 2.29. The van der Waals surface area contributed by atoms with Gasteiger partial charge in [-0.05, 0) is 28.1 Å². The first-order valence-corrected chi connectivity index (χ1v) is 4.37. The molecule has 0 aliphatic carbocycles. The number of aromatic amines is 1. The van der Waals surface area contributed by atoms with E-state index in [1.54, 1.807) is 0 Å². The van der Waals surface area contributed by atoms with Crippen molar-refractivity contribution in [1.29, 1.82) is 0 Å². The standard InChI is InChI=1S/C8H5BrClN/c9-5-4-11-7-3-1-2-6(10)8(5)7/h1-4,11H. The number of hydrogen-bond acceptors (Lipinski definition) is 0. The fourth-order valence-electron chi connectivity index (χ4n) is 1.10. The van der Waals surface area contributed by atoms with E-state index < -0.39 is 0 Å². The molecule has 1 nitrogen and oxygen atoms in total. The fraction of sp³-hybridized carbons (Fsp3) is 0. The van der Waals surface area contributed by atoms with Crippen LogP contribution in [-0.4, -0.2) is 4.98 Å². The smallest absolute Gasteiger partial charge is 0.0511 e. The molecule has 2 aromatic rings. The van der Waals surface area contributed by atoms with Crippen LogP contribution in [0.15, 0.2) is 28.9 Å². The SMILES string of the molecule is Clc1cccc2[nH]cc(Br)c12. The Kier molecular flexibility index (Phi) is 1.66. The highest BCUT2D eigenvalue weighted by Gasteiger charge is 2.02. The Balaban J connectivity index is 2.96. The Morgan fingerprint density at radius 3 is 2.91 bits per heavy atom. The predicted octanol–water partition coefficient (Wildman–Crippen LogP) is 3.58. The number of halogens is 2. The molecule has 0 atom stereocenters. The Morgan fingerprint density at radius 2 is 2.18 bits per heavy atom. The molecule has 0 spiro atoms. The minimum absolute atomic E-state index is 0.774. The molecule has 0 saturated carbocycles. The molecule has 3 heteroatoms. The van der Waals surface area contributed by atoms with E-state index in [0.29, 0.717) is 0 Å². The Hall–Kier alpha value is -0.470. The van der Waals surface area contributed by atoms with Crippen LogP contribution in [0.3, 0.4) is 0 Å². The summed E-state index contributed by atoms with van der Waals surface area (Å²) in [5.41, 5.74) is 1.06. The molecule has 11 heavy (non-hydrogen) atoms. The van der Waals surface area contributed by atoms with Crippen molar-refractivity contribution >= 4 is 38.4 Å². The van der Waals surface area contributed by atoms with Gasteiger partial charge in [-0.1, -0.05) is 17.7 Å². The normalized spacial score (nSPS) is 10.7. The van der Waals surface area contributed by atoms with Crippen molar-refractivity contribution in [2.75, 3.05) is 0 Å². The van der Waals surface area contributed by atoms with Crippen LogP contribution in [0.1, 0.15) is 0 Å². The lowest BCUT2D eigenvalue weighted by atomic mass is 10.2. The summed E-state index contributed by atoms with van der Waals surface area (Å²) in [6, 6.07) is 5.79. The van der Waals surface area contributed by atoms with Gasteiger partial charge in [-0.2, -0.15) is 0 Å². The molecular formula is C8H5BrClN. The van der Waals surface area contributed by atoms with Crippen LogP contribution in [0.25, 0.3) is 10.9 Å². The van der Waals surface area contributed by atoms with E-state index in [9.17, 15) is 0 Å². The molecule has 0 fully saturated rings. The highest BCUT2D eigenvalue weighted by atomic mass is 79.9. The third-order valence-corrected chi connectivity index (χ3v) is 2.55. The van der Waals surface area contributed by atoms with Crippen molar-refractivity contribution in [1.82, 2.24) is 4.98 Å². The molecule has 1 aromatic heterocycles. The van der Waals surface area contributed by atoms with Gasteiger partial charge in [-0.15, -0.1) is 0 Å². The molecule has 2 rings (SSSR count). The number of H-pyrrole nitrogens is 1. The second-order valence-corrected chi connectivity index (χ2v) is 3.56. The van der Waals surface area contributed by atoms with E-state index in [2.05, 4.69) is 20.9 Å². The van der Waals surface area contributed by atoms with E-state index >= 15 is 0 Å². The van der Waals surface area contributed by atoms with Crippen LogP contribution in [0.5, 0.6) is 0 Å². The van der Waals surface area contributed by atoms with Gasteiger partial charge in [0.25, 0.3) is 0 Å². The fourth-order valence-corrected chi connectivity index (χ4v) is 2.03. The lowest BCUT2D eigenvalue weighted by Gasteiger charge is -1.92. The second-order valence-electron chi connectivity index (χ2n) is 2.30. The quantitative estimate of drug-likeness (QED) is 0.712. The first kappa shape index (κ1) is 7.19. The zero-order valence-electron chi connectivity index (χ0n) is 5.57. The van der Waals surface area contributed by atoms with Gasteiger partial charge in [0, 0.05) is 21.6 Å². The van der Waals surface area contributed by atoms with Crippen LogP contribution in [0.4, 0.5) is 0 Å². The average Bonchev–Trinajstić information content (AvgIpc) is 2.34. The van der Waals surface area contributed by atoms with Crippen molar-refractivity contribution in [3.8, 4) is 0 Å². The number of rotatable bonds is 0. The number of fused-ring (bicyclic) bond motifs is 1. The van der Waals surface area contributed by atoms with Gasteiger partial charge in [0.1, 0.15) is 0 Å². The van der Waals surface area contributed by atoms with Crippen LogP contribution in [0, 0.1) is 0 Å². The lowest BCUT2D eigenvalue weighted by Crippen LogP contribution is -1.67. The minimum atomic E-state index is 0.774. The molecule has 0 saturated heterocycles. The highest BCUT2D eigenvalue weighted by molar-refractivity contribution is 9.10. The summed E-state index contributed by atoms with van der Waals surface area (Å²) in [6.45, 7) is 0. The molecule has 1 N–H and O–H groups in total. The van der Waals surface area contributed by atoms with E-state index in [-0.39, 0.29) is 0 Å². The van der Waals surface area contributed by atoms with Gasteiger partial charge in [-0.25, -0.2) is 0 Å². The zero-order valence-corrected chi connectivity index (χ0v) is 7.91. The first-order chi connectivity index (χ1) is 5.29. The molecule has 0 amide bonds. The average molecular weight is 230 g/mol. The summed E-state index contributed by atoms with van der Waals surface area (Å²) in [4.78, 5) is 3.10. The molecule has 1 heterocycles. The third-order valence-electron chi connectivity index (χ3n) is 1.61. The molecule has 56 valence electrons. The van der Waals surface area contributed by atoms with E-state index in [4.69, 9.17) is 11.6 Å². The van der Waals surface area contributed by atoms with Crippen molar-refractivity contribution in [2.45, 2.75) is 0 Å². The molecule has 0 aliphatic heterocycles. The van der Waals surface area contributed by atoms with Gasteiger partial charge in [0.15, 0.2) is 0 Å². The van der Waals surface area contributed by atoms with Crippen molar-refractivity contribution < 1.29 is 0 Å². The maximum absolute atomic E-state index is 5.95. The maximum atomic E-state index is 5.95. The van der Waals surface area contributed by atoms with Crippen molar-refractivity contribution in [3.63, 3.8) is 0 Å². The Labute approximate surface area is 77.5 Å². The second kappa shape index (κ2) is 2.54. The number of hydrogen-bond donors (Lipinski definition) is 1. The number of nitrogens with one attached hydrogen (secondary N) is 1. The third kappa shape index (κ3) is 1.06. The van der Waals surface area contributed by atoms with E-state index in [0.717, 1.165) is 20.4 Å². The summed E-state index contributed by atoms with van der Waals surface area (Å²) in [5.74, 6) is 0. The lowest BCUT2D eigenvalue weighted by molar-refractivity contribution is 1.47. The maximum Gasteiger partial charge on any atom is 0.0511 e. The molecular weight excluding hydrogens is 225 g/mol. The van der Waals surface area contributed by atoms with Gasteiger partial charge >= 0.3 is 0 Å². The predicted molar refractivity (Wildman–Crippen MR) is 51.0 cm³/mol. The van der Waals surface area contributed by atoms with Gasteiger partial charge in [0.2, 0.25) is 0 Å². The van der Waals surface area contributed by atoms with Crippen LogP contribution >= 0.6 is 27.5 Å². The first-order valence-electron chi connectivity index (χ1n) is 3.20. The minimum Gasteiger partial charge on any atom is -0.360 e. The van der Waals surface area contributed by atoms with Gasteiger partial charge in [-0.3, -0.25) is 0 Å². The van der Waals surface area contributed by atoms with Crippen molar-refractivity contribution in [3.05, 3.63) is 33.9 Å². The Morgan fingerprint density at radius 1 is 1.36 bits per heavy atom. The molecule has 0 radical (unpaired) electrons. The summed E-state index contributed by atoms with van der Waals surface area (Å²) in [6.07, 6.45) is 1.89. The van der Waals surface area contributed by atoms with Crippen molar-refractivity contribution in [2.24, 2.45) is 0 Å². The summed E-state index contributed by atoms with van der Waals surface area (Å²) in [7, 11) is 0. The van der Waals surface area contributed by atoms with E-state index in [1.807, 2.05) is 24.4 Å². The topological polar surface area (TPSA) is 15.8 Å². The van der Waals surface area contributed by atoms with Crippen LogP contribution < -0.4 is 0 Å². The van der Waals surface area contributed by atoms with Crippen LogP contribution in [0.2, 0.25) is 5.02 Å². The molecule has 0 unspecified atom stereocenters. The number of benzene rings is 1. The monoisotopic (exact) mass is 229 g/mol. The van der Waals surface area contributed by atoms with Crippen LogP contribution in [-0.2, 0) is 0 Å². The molecule has 0 aliphatic rings. The van der Waals surface area contributed by atoms with Gasteiger partial charge < -0.3 is 4.98 Å². The van der Waals surface area contributed by atoms with Gasteiger partial charge in [0.05, 0.1) is 5.02 Å².